The molecule has 0 aliphatic rings. The summed E-state index contributed by atoms with van der Waals surface area (Å²) < 4.78 is 0. The molecule has 0 saturated heterocycles. The molecule has 0 amide bonds. The van der Waals surface area contributed by atoms with Crippen molar-refractivity contribution in [2.24, 2.45) is 0 Å². The molecule has 0 aliphatic carbocycles. The summed E-state index contributed by atoms with van der Waals surface area (Å²) in [7, 11) is 0. The number of nitrogens with zero attached hydrogens (tertiary/aromatic N) is 3. The highest BCUT2D eigenvalue weighted by Gasteiger charge is 2.17. The molecule has 0 unspecified atom stereocenters. The molecule has 3 heteroatoms. The Bertz CT molecular complexity index is 2520. The van der Waals surface area contributed by atoms with Crippen LogP contribution in [-0.4, -0.2) is 15.0 Å². The molecule has 0 saturated carbocycles. The van der Waals surface area contributed by atoms with Gasteiger partial charge in [0.05, 0.1) is 17.1 Å². The Balaban J connectivity index is 1.33. The highest BCUT2D eigenvalue weighted by atomic mass is 14.9. The van der Waals surface area contributed by atoms with Crippen molar-refractivity contribution in [3.05, 3.63) is 188 Å². The zero-order valence-corrected chi connectivity index (χ0v) is 27.2. The number of hydrogen-bond acceptors (Lipinski definition) is 3. The van der Waals surface area contributed by atoms with Crippen molar-refractivity contribution in [2.45, 2.75) is 0 Å². The van der Waals surface area contributed by atoms with Gasteiger partial charge in [-0.15, -0.1) is 0 Å². The zero-order valence-electron chi connectivity index (χ0n) is 27.2. The highest BCUT2D eigenvalue weighted by molar-refractivity contribution is 6.13. The molecule has 9 rings (SSSR count). The fourth-order valence-electron chi connectivity index (χ4n) is 6.87. The van der Waals surface area contributed by atoms with E-state index in [1.165, 1.54) is 27.1 Å². The highest BCUT2D eigenvalue weighted by Crippen LogP contribution is 2.41. The Kier molecular flexibility index (Phi) is 7.49. The van der Waals surface area contributed by atoms with E-state index in [1.807, 2.05) is 30.5 Å². The van der Waals surface area contributed by atoms with E-state index in [-0.39, 0.29) is 0 Å². The van der Waals surface area contributed by atoms with E-state index < -0.39 is 0 Å². The van der Waals surface area contributed by atoms with E-state index in [0.717, 1.165) is 56.0 Å². The van der Waals surface area contributed by atoms with Crippen LogP contribution in [0.25, 0.3) is 89.0 Å². The quantitative estimate of drug-likeness (QED) is 0.170. The van der Waals surface area contributed by atoms with Gasteiger partial charge in [0.1, 0.15) is 0 Å². The molecule has 2 heterocycles. The molecule has 0 N–H and O–H groups in total. The fraction of sp³-hybridized carbons (Fsp3) is 0. The molecular formula is C47H31N3. The van der Waals surface area contributed by atoms with Gasteiger partial charge in [-0.3, -0.25) is 4.98 Å². The van der Waals surface area contributed by atoms with Gasteiger partial charge in [0.15, 0.2) is 5.82 Å². The van der Waals surface area contributed by atoms with Crippen LogP contribution in [0.4, 0.5) is 0 Å². The Labute approximate surface area is 291 Å². The van der Waals surface area contributed by atoms with Crippen LogP contribution < -0.4 is 0 Å². The monoisotopic (exact) mass is 637 g/mol. The topological polar surface area (TPSA) is 38.7 Å². The van der Waals surface area contributed by atoms with E-state index in [0.29, 0.717) is 5.82 Å². The van der Waals surface area contributed by atoms with E-state index in [1.54, 1.807) is 0 Å². The molecule has 0 bridgehead atoms. The normalized spacial score (nSPS) is 11.2. The molecule has 0 spiro atoms. The lowest BCUT2D eigenvalue weighted by molar-refractivity contribution is 1.18. The molecule has 0 aliphatic heterocycles. The van der Waals surface area contributed by atoms with Crippen molar-refractivity contribution >= 4 is 21.5 Å². The minimum atomic E-state index is 0.679. The van der Waals surface area contributed by atoms with Crippen LogP contribution in [0, 0.1) is 0 Å². The van der Waals surface area contributed by atoms with Crippen molar-refractivity contribution in [3.8, 4) is 67.4 Å². The van der Waals surface area contributed by atoms with Gasteiger partial charge in [-0.2, -0.15) is 0 Å². The lowest BCUT2D eigenvalue weighted by Crippen LogP contribution is -1.97. The fourth-order valence-corrected chi connectivity index (χ4v) is 6.87. The molecule has 9 aromatic rings. The van der Waals surface area contributed by atoms with Crippen LogP contribution in [0.2, 0.25) is 0 Å². The molecule has 50 heavy (non-hydrogen) atoms. The second kappa shape index (κ2) is 12.7. The van der Waals surface area contributed by atoms with Crippen LogP contribution in [0.15, 0.2) is 188 Å². The van der Waals surface area contributed by atoms with E-state index >= 15 is 0 Å². The number of pyridine rings is 1. The van der Waals surface area contributed by atoms with Crippen LogP contribution in [0.3, 0.4) is 0 Å². The predicted octanol–water partition coefficient (Wildman–Crippen LogP) is 12.2. The van der Waals surface area contributed by atoms with E-state index in [2.05, 4.69) is 163 Å². The Hall–Kier alpha value is -6.71. The summed E-state index contributed by atoms with van der Waals surface area (Å²) >= 11 is 0. The number of hydrogen-bond donors (Lipinski definition) is 0. The first kappa shape index (κ1) is 29.4. The molecule has 3 nitrogen and oxygen atoms in total. The lowest BCUT2D eigenvalue weighted by atomic mass is 9.89. The summed E-state index contributed by atoms with van der Waals surface area (Å²) in [6, 6.07) is 63.9. The van der Waals surface area contributed by atoms with Gasteiger partial charge < -0.3 is 0 Å². The lowest BCUT2D eigenvalue weighted by Gasteiger charge is -2.16. The van der Waals surface area contributed by atoms with Crippen molar-refractivity contribution in [3.63, 3.8) is 0 Å². The molecule has 0 radical (unpaired) electrons. The summed E-state index contributed by atoms with van der Waals surface area (Å²) in [6.07, 6.45) is 1.84. The standard InChI is InChI=1S/C47H31N3/c1-3-14-32(15-4-1)44-31-45(33-16-5-2-6-17-33)50-47(49-44)40-29-38(34-20-13-21-37(26-34)43-24-11-12-25-48-43)28-39(30-40)46-41-22-9-7-18-35(41)27-36-19-8-10-23-42(36)46/h1-31H. The first-order chi connectivity index (χ1) is 24.8. The number of aromatic nitrogens is 3. The van der Waals surface area contributed by atoms with Gasteiger partial charge in [0, 0.05) is 28.5 Å². The van der Waals surface area contributed by atoms with Gasteiger partial charge in [0.25, 0.3) is 0 Å². The minimum absolute atomic E-state index is 0.679. The smallest absolute Gasteiger partial charge is 0.160 e. The minimum Gasteiger partial charge on any atom is -0.256 e. The summed E-state index contributed by atoms with van der Waals surface area (Å²) in [4.78, 5) is 15.1. The average molecular weight is 638 g/mol. The van der Waals surface area contributed by atoms with Crippen molar-refractivity contribution in [1.29, 1.82) is 0 Å². The summed E-state index contributed by atoms with van der Waals surface area (Å²) in [5.41, 5.74) is 11.3. The van der Waals surface area contributed by atoms with Crippen molar-refractivity contribution < 1.29 is 0 Å². The van der Waals surface area contributed by atoms with Crippen LogP contribution >= 0.6 is 0 Å². The third-order valence-corrected chi connectivity index (χ3v) is 9.27. The zero-order chi connectivity index (χ0) is 33.3. The SMILES string of the molecule is c1ccc(-c2cc(-c3ccccc3)nc(-c3cc(-c4cccc(-c5ccccn5)c4)cc(-c4c5ccccc5cc5ccccc45)c3)n2)cc1. The first-order valence-electron chi connectivity index (χ1n) is 16.8. The molecular weight excluding hydrogens is 607 g/mol. The van der Waals surface area contributed by atoms with Crippen LogP contribution in [0.1, 0.15) is 0 Å². The Morgan fingerprint density at radius 1 is 0.300 bits per heavy atom. The summed E-state index contributed by atoms with van der Waals surface area (Å²) in [5.74, 6) is 0.679. The maximum absolute atomic E-state index is 5.24. The van der Waals surface area contributed by atoms with Crippen molar-refractivity contribution in [2.75, 3.05) is 0 Å². The molecule has 0 atom stereocenters. The number of fused-ring (bicyclic) bond motifs is 2. The van der Waals surface area contributed by atoms with Gasteiger partial charge in [-0.1, -0.05) is 133 Å². The largest absolute Gasteiger partial charge is 0.256 e. The van der Waals surface area contributed by atoms with E-state index in [9.17, 15) is 0 Å². The number of rotatable bonds is 6. The van der Waals surface area contributed by atoms with Crippen molar-refractivity contribution in [1.82, 2.24) is 15.0 Å². The van der Waals surface area contributed by atoms with Crippen LogP contribution in [0.5, 0.6) is 0 Å². The molecule has 0 fully saturated rings. The van der Waals surface area contributed by atoms with E-state index in [4.69, 9.17) is 9.97 Å². The second-order valence-corrected chi connectivity index (χ2v) is 12.5. The Morgan fingerprint density at radius 3 is 1.46 bits per heavy atom. The first-order valence-corrected chi connectivity index (χ1v) is 16.8. The molecule has 234 valence electrons. The summed E-state index contributed by atoms with van der Waals surface area (Å²) in [6.45, 7) is 0. The maximum atomic E-state index is 5.24. The van der Waals surface area contributed by atoms with Gasteiger partial charge in [-0.05, 0) is 92.3 Å². The summed E-state index contributed by atoms with van der Waals surface area (Å²) in [5, 5.41) is 4.83. The molecule has 7 aromatic carbocycles. The Morgan fingerprint density at radius 2 is 0.820 bits per heavy atom. The van der Waals surface area contributed by atoms with Gasteiger partial charge in [0.2, 0.25) is 0 Å². The second-order valence-electron chi connectivity index (χ2n) is 12.5. The predicted molar refractivity (Wildman–Crippen MR) is 207 cm³/mol. The third-order valence-electron chi connectivity index (χ3n) is 9.27. The van der Waals surface area contributed by atoms with Gasteiger partial charge in [-0.25, -0.2) is 9.97 Å². The molecule has 2 aromatic heterocycles. The maximum Gasteiger partial charge on any atom is 0.160 e. The number of benzene rings is 7. The average Bonchev–Trinajstić information content (AvgIpc) is 3.20. The third kappa shape index (κ3) is 5.61. The van der Waals surface area contributed by atoms with Crippen LogP contribution in [-0.2, 0) is 0 Å². The van der Waals surface area contributed by atoms with Gasteiger partial charge >= 0.3 is 0 Å².